The fourth-order valence-corrected chi connectivity index (χ4v) is 3.21. The first-order valence-electron chi connectivity index (χ1n) is 7.44. The molecule has 2 aliphatic carbocycles. The Labute approximate surface area is 101 Å². The Morgan fingerprint density at radius 3 is 2.19 bits per heavy atom. The zero-order valence-corrected chi connectivity index (χ0v) is 11.2. The zero-order valence-electron chi connectivity index (χ0n) is 11.2. The summed E-state index contributed by atoms with van der Waals surface area (Å²) in [6, 6.07) is 0. The van der Waals surface area contributed by atoms with Gasteiger partial charge in [0.25, 0.3) is 0 Å². The van der Waals surface area contributed by atoms with Gasteiger partial charge in [-0.25, -0.2) is 0 Å². The van der Waals surface area contributed by atoms with Crippen molar-refractivity contribution in [3.63, 3.8) is 0 Å². The first-order chi connectivity index (χ1) is 7.73. The van der Waals surface area contributed by atoms with Gasteiger partial charge >= 0.3 is 0 Å². The molecule has 0 aliphatic heterocycles. The Kier molecular flexibility index (Phi) is 4.29. The Hall–Kier alpha value is -0.0400. The second-order valence-electron chi connectivity index (χ2n) is 6.51. The van der Waals surface area contributed by atoms with Crippen molar-refractivity contribution in [1.29, 1.82) is 0 Å². The van der Waals surface area contributed by atoms with Gasteiger partial charge in [-0.1, -0.05) is 39.5 Å². The van der Waals surface area contributed by atoms with Gasteiger partial charge in [-0.3, -0.25) is 0 Å². The van der Waals surface area contributed by atoms with Crippen molar-refractivity contribution in [3.05, 3.63) is 0 Å². The van der Waals surface area contributed by atoms with Gasteiger partial charge in [-0.05, 0) is 49.5 Å². The maximum atomic E-state index is 3.77. The molecule has 0 aromatic carbocycles. The second-order valence-corrected chi connectivity index (χ2v) is 6.51. The van der Waals surface area contributed by atoms with Crippen LogP contribution >= 0.6 is 0 Å². The van der Waals surface area contributed by atoms with Gasteiger partial charge in [0.15, 0.2) is 0 Å². The van der Waals surface area contributed by atoms with E-state index in [9.17, 15) is 0 Å². The fourth-order valence-electron chi connectivity index (χ4n) is 3.21. The molecule has 0 atom stereocenters. The molecular formula is C15H29N. The molecule has 1 N–H and O–H groups in total. The third kappa shape index (κ3) is 3.23. The molecule has 0 heterocycles. The summed E-state index contributed by atoms with van der Waals surface area (Å²) < 4.78 is 0. The standard InChI is InChI=1S/C15H29N/c1-13(2)15(9-10-15)12-16-11-14-7-5-3-4-6-8-14/h13-14,16H,3-12H2,1-2H3. The lowest BCUT2D eigenvalue weighted by molar-refractivity contribution is 0.319. The highest BCUT2D eigenvalue weighted by Gasteiger charge is 2.44. The maximum absolute atomic E-state index is 3.77. The molecule has 16 heavy (non-hydrogen) atoms. The molecule has 2 rings (SSSR count). The molecule has 0 radical (unpaired) electrons. The summed E-state index contributed by atoms with van der Waals surface area (Å²) in [5, 5.41) is 3.77. The van der Waals surface area contributed by atoms with E-state index in [-0.39, 0.29) is 0 Å². The molecule has 0 aromatic rings. The van der Waals surface area contributed by atoms with Crippen molar-refractivity contribution in [1.82, 2.24) is 5.32 Å². The van der Waals surface area contributed by atoms with E-state index >= 15 is 0 Å². The van der Waals surface area contributed by atoms with E-state index in [2.05, 4.69) is 19.2 Å². The molecule has 2 aliphatic rings. The summed E-state index contributed by atoms with van der Waals surface area (Å²) in [6.07, 6.45) is 11.8. The average Bonchev–Trinajstić information content (AvgIpc) is 3.03. The van der Waals surface area contributed by atoms with Gasteiger partial charge in [0.05, 0.1) is 0 Å². The summed E-state index contributed by atoms with van der Waals surface area (Å²) in [4.78, 5) is 0. The molecule has 0 spiro atoms. The van der Waals surface area contributed by atoms with Crippen LogP contribution < -0.4 is 5.32 Å². The lowest BCUT2D eigenvalue weighted by Gasteiger charge is -2.22. The average molecular weight is 223 g/mol. The first kappa shape index (κ1) is 12.4. The fraction of sp³-hybridized carbons (Fsp3) is 1.00. The van der Waals surface area contributed by atoms with Crippen LogP contribution in [-0.4, -0.2) is 13.1 Å². The predicted octanol–water partition coefficient (Wildman–Crippen LogP) is 3.98. The van der Waals surface area contributed by atoms with E-state index in [4.69, 9.17) is 0 Å². The Balaban J connectivity index is 1.63. The molecule has 0 bridgehead atoms. The van der Waals surface area contributed by atoms with Crippen LogP contribution in [-0.2, 0) is 0 Å². The van der Waals surface area contributed by atoms with Crippen LogP contribution in [0, 0.1) is 17.3 Å². The largest absolute Gasteiger partial charge is 0.316 e. The summed E-state index contributed by atoms with van der Waals surface area (Å²) in [5.74, 6) is 1.85. The van der Waals surface area contributed by atoms with Crippen LogP contribution in [0.25, 0.3) is 0 Å². The van der Waals surface area contributed by atoms with Gasteiger partial charge in [0, 0.05) is 6.54 Å². The summed E-state index contributed by atoms with van der Waals surface area (Å²) in [5.41, 5.74) is 0.685. The Morgan fingerprint density at radius 1 is 1.06 bits per heavy atom. The molecule has 0 unspecified atom stereocenters. The third-order valence-electron chi connectivity index (χ3n) is 5.00. The molecule has 0 amide bonds. The van der Waals surface area contributed by atoms with Crippen LogP contribution in [0.5, 0.6) is 0 Å². The number of hydrogen-bond acceptors (Lipinski definition) is 1. The lowest BCUT2D eigenvalue weighted by atomic mass is 9.92. The van der Waals surface area contributed by atoms with Crippen molar-refractivity contribution in [2.45, 2.75) is 65.2 Å². The van der Waals surface area contributed by atoms with Gasteiger partial charge in [-0.2, -0.15) is 0 Å². The molecule has 1 heteroatoms. The molecule has 2 saturated carbocycles. The van der Waals surface area contributed by atoms with Crippen LogP contribution in [0.4, 0.5) is 0 Å². The van der Waals surface area contributed by atoms with Crippen LogP contribution in [0.3, 0.4) is 0 Å². The Morgan fingerprint density at radius 2 is 1.69 bits per heavy atom. The van der Waals surface area contributed by atoms with E-state index in [1.165, 1.54) is 64.5 Å². The quantitative estimate of drug-likeness (QED) is 0.695. The molecule has 2 fully saturated rings. The third-order valence-corrected chi connectivity index (χ3v) is 5.00. The molecule has 1 nitrogen and oxygen atoms in total. The van der Waals surface area contributed by atoms with E-state index in [1.54, 1.807) is 0 Å². The number of rotatable bonds is 5. The lowest BCUT2D eigenvalue weighted by Crippen LogP contribution is -2.31. The topological polar surface area (TPSA) is 12.0 Å². The minimum absolute atomic E-state index is 0.685. The van der Waals surface area contributed by atoms with Crippen molar-refractivity contribution in [2.24, 2.45) is 17.3 Å². The maximum Gasteiger partial charge on any atom is 0.00104 e. The van der Waals surface area contributed by atoms with Gasteiger partial charge in [0.1, 0.15) is 0 Å². The minimum atomic E-state index is 0.685. The second kappa shape index (κ2) is 5.53. The van der Waals surface area contributed by atoms with Crippen molar-refractivity contribution >= 4 is 0 Å². The molecule has 94 valence electrons. The first-order valence-corrected chi connectivity index (χ1v) is 7.44. The summed E-state index contributed by atoms with van der Waals surface area (Å²) >= 11 is 0. The van der Waals surface area contributed by atoms with Gasteiger partial charge in [0.2, 0.25) is 0 Å². The van der Waals surface area contributed by atoms with Gasteiger partial charge < -0.3 is 5.32 Å². The van der Waals surface area contributed by atoms with E-state index in [1.807, 2.05) is 0 Å². The number of hydrogen-bond donors (Lipinski definition) is 1. The van der Waals surface area contributed by atoms with Gasteiger partial charge in [-0.15, -0.1) is 0 Å². The Bertz CT molecular complexity index is 197. The highest BCUT2D eigenvalue weighted by atomic mass is 14.9. The smallest absolute Gasteiger partial charge is 0.00104 e. The zero-order chi connectivity index (χ0) is 11.4. The SMILES string of the molecule is CC(C)C1(CNCC2CCCCCC2)CC1. The van der Waals surface area contributed by atoms with Crippen LogP contribution in [0.2, 0.25) is 0 Å². The number of nitrogens with one attached hydrogen (secondary N) is 1. The summed E-state index contributed by atoms with van der Waals surface area (Å²) in [6.45, 7) is 7.34. The van der Waals surface area contributed by atoms with E-state index < -0.39 is 0 Å². The molecule has 0 aromatic heterocycles. The highest BCUT2D eigenvalue weighted by molar-refractivity contribution is 4.97. The van der Waals surface area contributed by atoms with E-state index in [0.29, 0.717) is 5.41 Å². The summed E-state index contributed by atoms with van der Waals surface area (Å²) in [7, 11) is 0. The van der Waals surface area contributed by atoms with Crippen molar-refractivity contribution in [2.75, 3.05) is 13.1 Å². The van der Waals surface area contributed by atoms with Crippen molar-refractivity contribution < 1.29 is 0 Å². The van der Waals surface area contributed by atoms with Crippen LogP contribution in [0.15, 0.2) is 0 Å². The monoisotopic (exact) mass is 223 g/mol. The minimum Gasteiger partial charge on any atom is -0.316 e. The molecular weight excluding hydrogens is 194 g/mol. The van der Waals surface area contributed by atoms with Crippen molar-refractivity contribution in [3.8, 4) is 0 Å². The molecule has 0 saturated heterocycles. The normalized spacial score (nSPS) is 25.7. The van der Waals surface area contributed by atoms with E-state index in [0.717, 1.165) is 11.8 Å². The van der Waals surface area contributed by atoms with Crippen LogP contribution in [0.1, 0.15) is 65.2 Å². The highest BCUT2D eigenvalue weighted by Crippen LogP contribution is 2.51. The predicted molar refractivity (Wildman–Crippen MR) is 70.6 cm³/mol.